The van der Waals surface area contributed by atoms with E-state index in [1.165, 1.54) is 12.8 Å². The van der Waals surface area contributed by atoms with Crippen LogP contribution in [0.2, 0.25) is 5.02 Å². The number of rotatable bonds is 5. The fraction of sp³-hybridized carbons (Fsp3) is 0.312. The number of aromatic nitrogens is 1. The van der Waals surface area contributed by atoms with Gasteiger partial charge in [0.1, 0.15) is 10.8 Å². The van der Waals surface area contributed by atoms with Crippen molar-refractivity contribution in [3.8, 4) is 11.6 Å². The zero-order valence-electron chi connectivity index (χ0n) is 11.7. The second-order valence-corrected chi connectivity index (χ2v) is 6.56. The van der Waals surface area contributed by atoms with Crippen molar-refractivity contribution >= 4 is 27.5 Å². The Kier molecular flexibility index (Phi) is 4.48. The van der Waals surface area contributed by atoms with Crippen LogP contribution in [0.4, 0.5) is 0 Å². The van der Waals surface area contributed by atoms with E-state index in [9.17, 15) is 0 Å². The van der Waals surface area contributed by atoms with Gasteiger partial charge in [-0.3, -0.25) is 0 Å². The summed E-state index contributed by atoms with van der Waals surface area (Å²) in [6.45, 7) is 2.81. The monoisotopic (exact) mass is 366 g/mol. The molecule has 1 N–H and O–H groups in total. The molecular formula is C16H16BrClN2O. The number of aryl methyl sites for hydroxylation is 1. The Hall–Kier alpha value is -1.10. The predicted molar refractivity (Wildman–Crippen MR) is 88.1 cm³/mol. The van der Waals surface area contributed by atoms with Crippen molar-refractivity contribution in [3.63, 3.8) is 0 Å². The van der Waals surface area contributed by atoms with Crippen LogP contribution in [-0.2, 0) is 6.54 Å². The Morgan fingerprint density at radius 3 is 2.86 bits per heavy atom. The molecule has 1 heterocycles. The van der Waals surface area contributed by atoms with Crippen LogP contribution in [0, 0.1) is 6.92 Å². The Morgan fingerprint density at radius 1 is 1.38 bits per heavy atom. The molecule has 0 unspecified atom stereocenters. The maximum Gasteiger partial charge on any atom is 0.238 e. The van der Waals surface area contributed by atoms with E-state index in [2.05, 4.69) is 26.2 Å². The lowest BCUT2D eigenvalue weighted by Crippen LogP contribution is -2.15. The summed E-state index contributed by atoms with van der Waals surface area (Å²) in [6.07, 6.45) is 4.35. The standard InChI is InChI=1S/C16H16BrClN2O/c1-10-6-13(4-5-14(10)17)21-16-15(18)7-11(9-20-16)8-19-12-2-3-12/h4-7,9,12,19H,2-3,8H2,1H3. The first-order valence-electron chi connectivity index (χ1n) is 6.93. The molecule has 1 aliphatic rings. The summed E-state index contributed by atoms with van der Waals surface area (Å²) < 4.78 is 6.80. The summed E-state index contributed by atoms with van der Waals surface area (Å²) in [5.41, 5.74) is 2.18. The molecular weight excluding hydrogens is 352 g/mol. The van der Waals surface area contributed by atoms with Crippen molar-refractivity contribution in [2.45, 2.75) is 32.4 Å². The smallest absolute Gasteiger partial charge is 0.238 e. The SMILES string of the molecule is Cc1cc(Oc2ncc(CNC3CC3)cc2Cl)ccc1Br. The van der Waals surface area contributed by atoms with Gasteiger partial charge in [-0.2, -0.15) is 0 Å². The van der Waals surface area contributed by atoms with Gasteiger partial charge in [-0.25, -0.2) is 4.98 Å². The molecule has 0 bridgehead atoms. The largest absolute Gasteiger partial charge is 0.438 e. The van der Waals surface area contributed by atoms with Crippen LogP contribution in [0.1, 0.15) is 24.0 Å². The van der Waals surface area contributed by atoms with E-state index in [0.29, 0.717) is 16.9 Å². The first kappa shape index (κ1) is 14.8. The molecule has 5 heteroatoms. The molecule has 3 nitrogen and oxygen atoms in total. The number of hydrogen-bond donors (Lipinski definition) is 1. The molecule has 21 heavy (non-hydrogen) atoms. The minimum absolute atomic E-state index is 0.438. The molecule has 3 rings (SSSR count). The van der Waals surface area contributed by atoms with Gasteiger partial charge in [-0.05, 0) is 55.2 Å². The Balaban J connectivity index is 1.70. The van der Waals surface area contributed by atoms with Crippen LogP contribution in [-0.4, -0.2) is 11.0 Å². The van der Waals surface area contributed by atoms with Crippen molar-refractivity contribution in [2.75, 3.05) is 0 Å². The second-order valence-electron chi connectivity index (χ2n) is 5.30. The van der Waals surface area contributed by atoms with Crippen LogP contribution in [0.5, 0.6) is 11.6 Å². The number of nitrogens with zero attached hydrogens (tertiary/aromatic N) is 1. The lowest BCUT2D eigenvalue weighted by Gasteiger charge is -2.09. The molecule has 1 aromatic carbocycles. The molecule has 1 saturated carbocycles. The maximum absolute atomic E-state index is 6.26. The molecule has 0 spiro atoms. The van der Waals surface area contributed by atoms with Crippen molar-refractivity contribution in [3.05, 3.63) is 51.1 Å². The van der Waals surface area contributed by atoms with Gasteiger partial charge in [0, 0.05) is 23.3 Å². The number of nitrogens with one attached hydrogen (secondary N) is 1. The van der Waals surface area contributed by atoms with Crippen molar-refractivity contribution < 1.29 is 4.74 Å². The molecule has 1 aromatic heterocycles. The third-order valence-corrected chi connectivity index (χ3v) is 4.54. The van der Waals surface area contributed by atoms with Gasteiger partial charge in [0.05, 0.1) is 0 Å². The van der Waals surface area contributed by atoms with Crippen LogP contribution in [0.3, 0.4) is 0 Å². The van der Waals surface area contributed by atoms with E-state index in [1.54, 1.807) is 0 Å². The van der Waals surface area contributed by atoms with E-state index >= 15 is 0 Å². The maximum atomic E-state index is 6.26. The third-order valence-electron chi connectivity index (χ3n) is 3.38. The lowest BCUT2D eigenvalue weighted by atomic mass is 10.2. The Labute approximate surface area is 137 Å². The highest BCUT2D eigenvalue weighted by atomic mass is 79.9. The van der Waals surface area contributed by atoms with Gasteiger partial charge in [0.2, 0.25) is 5.88 Å². The summed E-state index contributed by atoms with van der Waals surface area (Å²) in [4.78, 5) is 4.32. The molecule has 0 amide bonds. The molecule has 1 fully saturated rings. The van der Waals surface area contributed by atoms with Crippen molar-refractivity contribution in [2.24, 2.45) is 0 Å². The Morgan fingerprint density at radius 2 is 2.19 bits per heavy atom. The first-order valence-corrected chi connectivity index (χ1v) is 8.11. The topological polar surface area (TPSA) is 34.1 Å². The molecule has 0 aliphatic heterocycles. The van der Waals surface area contributed by atoms with E-state index in [0.717, 1.165) is 27.9 Å². The molecule has 2 aromatic rings. The quantitative estimate of drug-likeness (QED) is 0.820. The summed E-state index contributed by atoms with van der Waals surface area (Å²) in [6, 6.07) is 8.37. The molecule has 0 atom stereocenters. The van der Waals surface area contributed by atoms with Crippen molar-refractivity contribution in [1.29, 1.82) is 0 Å². The van der Waals surface area contributed by atoms with E-state index in [1.807, 2.05) is 37.4 Å². The van der Waals surface area contributed by atoms with Gasteiger partial charge < -0.3 is 10.1 Å². The Bertz CT molecular complexity index is 659. The normalized spacial score (nSPS) is 14.2. The second kappa shape index (κ2) is 6.34. The zero-order valence-corrected chi connectivity index (χ0v) is 14.0. The summed E-state index contributed by atoms with van der Waals surface area (Å²) in [5, 5.41) is 3.97. The molecule has 0 radical (unpaired) electrons. The van der Waals surface area contributed by atoms with Crippen molar-refractivity contribution in [1.82, 2.24) is 10.3 Å². The van der Waals surface area contributed by atoms with Crippen LogP contribution in [0.15, 0.2) is 34.9 Å². The average Bonchev–Trinajstić information content (AvgIpc) is 3.27. The van der Waals surface area contributed by atoms with E-state index < -0.39 is 0 Å². The summed E-state index contributed by atoms with van der Waals surface area (Å²) >= 11 is 9.73. The lowest BCUT2D eigenvalue weighted by molar-refractivity contribution is 0.462. The van der Waals surface area contributed by atoms with Crippen LogP contribution < -0.4 is 10.1 Å². The predicted octanol–water partition coefficient (Wildman–Crippen LogP) is 4.85. The van der Waals surface area contributed by atoms with Gasteiger partial charge in [0.25, 0.3) is 0 Å². The molecule has 0 saturated heterocycles. The number of halogens is 2. The zero-order chi connectivity index (χ0) is 14.8. The molecule has 1 aliphatic carbocycles. The number of pyridine rings is 1. The summed E-state index contributed by atoms with van der Waals surface area (Å²) in [5.74, 6) is 1.17. The fourth-order valence-corrected chi connectivity index (χ4v) is 2.45. The minimum atomic E-state index is 0.438. The molecule has 110 valence electrons. The highest BCUT2D eigenvalue weighted by Crippen LogP contribution is 2.30. The third kappa shape index (κ3) is 3.96. The van der Waals surface area contributed by atoms with E-state index in [4.69, 9.17) is 16.3 Å². The van der Waals surface area contributed by atoms with Gasteiger partial charge in [0.15, 0.2) is 0 Å². The van der Waals surface area contributed by atoms with E-state index in [-0.39, 0.29) is 0 Å². The number of benzene rings is 1. The minimum Gasteiger partial charge on any atom is -0.438 e. The first-order chi connectivity index (χ1) is 10.1. The average molecular weight is 368 g/mol. The van der Waals surface area contributed by atoms with Gasteiger partial charge >= 0.3 is 0 Å². The van der Waals surface area contributed by atoms with Crippen LogP contribution >= 0.6 is 27.5 Å². The number of ether oxygens (including phenoxy) is 1. The van der Waals surface area contributed by atoms with Crippen LogP contribution in [0.25, 0.3) is 0 Å². The fourth-order valence-electron chi connectivity index (χ4n) is 1.98. The highest BCUT2D eigenvalue weighted by molar-refractivity contribution is 9.10. The highest BCUT2D eigenvalue weighted by Gasteiger charge is 2.20. The van der Waals surface area contributed by atoms with Gasteiger partial charge in [-0.1, -0.05) is 27.5 Å². The number of hydrogen-bond acceptors (Lipinski definition) is 3. The van der Waals surface area contributed by atoms with Gasteiger partial charge in [-0.15, -0.1) is 0 Å². The summed E-state index contributed by atoms with van der Waals surface area (Å²) in [7, 11) is 0.